The number of benzene rings is 1. The quantitative estimate of drug-likeness (QED) is 0.723. The smallest absolute Gasteiger partial charge is 0.268 e. The molecule has 3 rings (SSSR count). The lowest BCUT2D eigenvalue weighted by Crippen LogP contribution is -2.26. The minimum atomic E-state index is -3.79. The second kappa shape index (κ2) is 5.50. The molecule has 0 aliphatic carbocycles. The largest absolute Gasteiger partial charge is 0.496 e. The number of methoxy groups -OCH3 is 1. The highest BCUT2D eigenvalue weighted by Gasteiger charge is 2.26. The zero-order valence-electron chi connectivity index (χ0n) is 11.8. The van der Waals surface area contributed by atoms with Gasteiger partial charge >= 0.3 is 0 Å². The Balaban J connectivity index is 2.22. The van der Waals surface area contributed by atoms with Crippen LogP contribution in [-0.2, 0) is 10.0 Å². The first kappa shape index (κ1) is 14.7. The molecule has 0 radical (unpaired) electrons. The van der Waals surface area contributed by atoms with E-state index in [1.807, 2.05) is 0 Å². The van der Waals surface area contributed by atoms with Gasteiger partial charge in [-0.3, -0.25) is 4.98 Å². The monoisotopic (exact) mass is 336 g/mol. The second-order valence-electron chi connectivity index (χ2n) is 4.36. The van der Waals surface area contributed by atoms with Gasteiger partial charge in [0.15, 0.2) is 0 Å². The van der Waals surface area contributed by atoms with Crippen LogP contribution in [0.1, 0.15) is 0 Å². The van der Waals surface area contributed by atoms with Gasteiger partial charge in [0.1, 0.15) is 16.2 Å². The minimum Gasteiger partial charge on any atom is -0.496 e. The Morgan fingerprint density at radius 3 is 2.77 bits per heavy atom. The van der Waals surface area contributed by atoms with Gasteiger partial charge in [0.2, 0.25) is 5.13 Å². The number of pyridine rings is 1. The Labute approximate surface area is 131 Å². The second-order valence-corrected chi connectivity index (χ2v) is 7.11. The van der Waals surface area contributed by atoms with E-state index in [9.17, 15) is 8.42 Å². The predicted octanol–water partition coefficient (Wildman–Crippen LogP) is 1.92. The van der Waals surface area contributed by atoms with Crippen molar-refractivity contribution in [2.45, 2.75) is 4.90 Å². The average molecular weight is 336 g/mol. The summed E-state index contributed by atoms with van der Waals surface area (Å²) in [5, 5.41) is 8.39. The van der Waals surface area contributed by atoms with Gasteiger partial charge in [0.25, 0.3) is 10.0 Å². The number of sulfonamides is 1. The molecule has 0 spiro atoms. The number of hydrogen-bond acceptors (Lipinski definition) is 7. The molecule has 9 heteroatoms. The molecule has 3 aromatic rings. The fraction of sp³-hybridized carbons (Fsp3) is 0.154. The van der Waals surface area contributed by atoms with Gasteiger partial charge in [-0.05, 0) is 24.3 Å². The third-order valence-corrected chi connectivity index (χ3v) is 5.83. The van der Waals surface area contributed by atoms with Crippen molar-refractivity contribution in [1.82, 2.24) is 15.2 Å². The van der Waals surface area contributed by atoms with Crippen molar-refractivity contribution in [3.8, 4) is 5.75 Å². The van der Waals surface area contributed by atoms with E-state index in [-0.39, 0.29) is 4.90 Å². The van der Waals surface area contributed by atoms with Gasteiger partial charge in [-0.15, -0.1) is 10.2 Å². The van der Waals surface area contributed by atoms with Crippen LogP contribution in [0.4, 0.5) is 5.13 Å². The van der Waals surface area contributed by atoms with E-state index in [1.165, 1.54) is 25.7 Å². The first-order chi connectivity index (χ1) is 10.6. The van der Waals surface area contributed by atoms with Gasteiger partial charge in [-0.1, -0.05) is 11.3 Å². The molecule has 0 fully saturated rings. The third kappa shape index (κ3) is 2.28. The summed E-state index contributed by atoms with van der Waals surface area (Å²) in [6.07, 6.45) is 1.55. The summed E-state index contributed by atoms with van der Waals surface area (Å²) in [5.41, 5.74) is 1.84. The molecule has 7 nitrogen and oxygen atoms in total. The van der Waals surface area contributed by atoms with Crippen molar-refractivity contribution in [3.05, 3.63) is 36.0 Å². The molecule has 114 valence electrons. The number of rotatable bonds is 4. The number of anilines is 1. The van der Waals surface area contributed by atoms with E-state index in [4.69, 9.17) is 4.74 Å². The molecule has 0 saturated heterocycles. The Bertz CT molecular complexity index is 910. The van der Waals surface area contributed by atoms with E-state index in [0.29, 0.717) is 21.8 Å². The summed E-state index contributed by atoms with van der Waals surface area (Å²) in [7, 11) is -0.820. The molecule has 0 aliphatic rings. The number of nitrogens with zero attached hydrogens (tertiary/aromatic N) is 4. The van der Waals surface area contributed by atoms with Crippen molar-refractivity contribution >= 4 is 37.4 Å². The highest BCUT2D eigenvalue weighted by atomic mass is 32.2. The Hall–Kier alpha value is -2.26. The standard InChI is InChI=1S/C13H12N4O3S2/c1-17(13-16-15-8-21-13)22(18,19)11-6-5-10(20-2)9-4-3-7-14-12(9)11/h3-8H,1-2H3. The molecular weight excluding hydrogens is 324 g/mol. The number of aromatic nitrogens is 3. The van der Waals surface area contributed by atoms with Gasteiger partial charge in [-0.2, -0.15) is 0 Å². The molecule has 2 heterocycles. The van der Waals surface area contributed by atoms with Gasteiger partial charge < -0.3 is 4.74 Å². The summed E-state index contributed by atoms with van der Waals surface area (Å²) in [5.74, 6) is 0.570. The lowest BCUT2D eigenvalue weighted by Gasteiger charge is -2.17. The van der Waals surface area contributed by atoms with Gasteiger partial charge in [-0.25, -0.2) is 12.7 Å². The maximum absolute atomic E-state index is 12.8. The van der Waals surface area contributed by atoms with Crippen LogP contribution in [0.15, 0.2) is 40.9 Å². The zero-order valence-corrected chi connectivity index (χ0v) is 13.4. The molecular formula is C13H12N4O3S2. The van der Waals surface area contributed by atoms with E-state index in [2.05, 4.69) is 15.2 Å². The van der Waals surface area contributed by atoms with Crippen molar-refractivity contribution in [3.63, 3.8) is 0 Å². The summed E-state index contributed by atoms with van der Waals surface area (Å²) in [6.45, 7) is 0. The fourth-order valence-corrected chi connectivity index (χ4v) is 4.10. The van der Waals surface area contributed by atoms with Crippen LogP contribution in [0.5, 0.6) is 5.75 Å². The molecule has 0 aliphatic heterocycles. The van der Waals surface area contributed by atoms with Gasteiger partial charge in [0.05, 0.1) is 12.6 Å². The van der Waals surface area contributed by atoms with Crippen LogP contribution >= 0.6 is 11.3 Å². The van der Waals surface area contributed by atoms with Crippen LogP contribution < -0.4 is 9.04 Å². The summed E-state index contributed by atoms with van der Waals surface area (Å²) >= 11 is 1.15. The summed E-state index contributed by atoms with van der Waals surface area (Å²) in [6, 6.07) is 6.60. The van der Waals surface area contributed by atoms with Crippen LogP contribution in [0.25, 0.3) is 10.9 Å². The van der Waals surface area contributed by atoms with Crippen LogP contribution in [0, 0.1) is 0 Å². The molecule has 22 heavy (non-hydrogen) atoms. The summed E-state index contributed by atoms with van der Waals surface area (Å²) in [4.78, 5) is 4.30. The van der Waals surface area contributed by atoms with E-state index in [1.54, 1.807) is 24.4 Å². The third-order valence-electron chi connectivity index (χ3n) is 3.17. The first-order valence-corrected chi connectivity index (χ1v) is 8.54. The minimum absolute atomic E-state index is 0.0987. The highest BCUT2D eigenvalue weighted by molar-refractivity contribution is 7.93. The van der Waals surface area contributed by atoms with Crippen molar-refractivity contribution < 1.29 is 13.2 Å². The van der Waals surface area contributed by atoms with E-state index < -0.39 is 10.0 Å². The van der Waals surface area contributed by atoms with E-state index in [0.717, 1.165) is 15.6 Å². The Morgan fingerprint density at radius 1 is 1.27 bits per heavy atom. The molecule has 0 N–H and O–H groups in total. The fourth-order valence-electron chi connectivity index (χ4n) is 2.06. The normalized spacial score (nSPS) is 11.5. The Kier molecular flexibility index (Phi) is 3.67. The van der Waals surface area contributed by atoms with Crippen molar-refractivity contribution in [1.29, 1.82) is 0 Å². The van der Waals surface area contributed by atoms with E-state index >= 15 is 0 Å². The van der Waals surface area contributed by atoms with Crippen LogP contribution in [0.3, 0.4) is 0 Å². The lowest BCUT2D eigenvalue weighted by molar-refractivity contribution is 0.419. The molecule has 0 amide bonds. The van der Waals surface area contributed by atoms with Crippen molar-refractivity contribution in [2.75, 3.05) is 18.5 Å². The van der Waals surface area contributed by atoms with Crippen LogP contribution in [0.2, 0.25) is 0 Å². The van der Waals surface area contributed by atoms with Crippen molar-refractivity contribution in [2.24, 2.45) is 0 Å². The molecule has 0 bridgehead atoms. The molecule has 0 unspecified atom stereocenters. The molecule has 0 atom stereocenters. The van der Waals surface area contributed by atoms with Crippen LogP contribution in [-0.4, -0.2) is 37.8 Å². The first-order valence-electron chi connectivity index (χ1n) is 6.22. The number of ether oxygens (including phenoxy) is 1. The SMILES string of the molecule is COc1ccc(S(=O)(=O)N(C)c2nncs2)c2ncccc12. The molecule has 2 aromatic heterocycles. The lowest BCUT2D eigenvalue weighted by atomic mass is 10.2. The Morgan fingerprint density at radius 2 is 2.09 bits per heavy atom. The highest BCUT2D eigenvalue weighted by Crippen LogP contribution is 2.32. The summed E-state index contributed by atoms with van der Waals surface area (Å²) < 4.78 is 32.0. The number of hydrogen-bond donors (Lipinski definition) is 0. The predicted molar refractivity (Wildman–Crippen MR) is 83.8 cm³/mol. The zero-order chi connectivity index (χ0) is 15.7. The topological polar surface area (TPSA) is 85.3 Å². The average Bonchev–Trinajstić information content (AvgIpc) is 3.07. The number of fused-ring (bicyclic) bond motifs is 1. The molecule has 0 saturated carbocycles. The maximum atomic E-state index is 12.8. The van der Waals surface area contributed by atoms with Gasteiger partial charge in [0, 0.05) is 18.6 Å². The maximum Gasteiger partial charge on any atom is 0.268 e. The molecule has 1 aromatic carbocycles.